The molecule has 1 atom stereocenters. The summed E-state index contributed by atoms with van der Waals surface area (Å²) in [7, 11) is 0. The van der Waals surface area contributed by atoms with Crippen molar-refractivity contribution in [3.05, 3.63) is 63.4 Å². The number of ether oxygens (including phenoxy) is 1. The van der Waals surface area contributed by atoms with E-state index in [0.717, 1.165) is 27.7 Å². The number of aryl methyl sites for hydroxylation is 1. The molecule has 0 aromatic heterocycles. The molecule has 0 radical (unpaired) electrons. The number of rotatable bonds is 2. The molecule has 5 heteroatoms. The smallest absolute Gasteiger partial charge is 0.415 e. The Labute approximate surface area is 175 Å². The first-order chi connectivity index (χ1) is 13.1. The van der Waals surface area contributed by atoms with Gasteiger partial charge in [0.25, 0.3) is 0 Å². The first-order valence-electron chi connectivity index (χ1n) is 9.67. The number of anilines is 1. The highest BCUT2D eigenvalue weighted by Gasteiger charge is 2.38. The van der Waals surface area contributed by atoms with Crippen molar-refractivity contribution in [1.29, 1.82) is 0 Å². The zero-order valence-corrected chi connectivity index (χ0v) is 18.6. The number of nitrogens with zero attached hydrogens (tertiary/aromatic N) is 1. The van der Waals surface area contributed by atoms with Crippen molar-refractivity contribution in [2.75, 3.05) is 4.90 Å². The van der Waals surface area contributed by atoms with Crippen LogP contribution in [0.25, 0.3) is 0 Å². The number of hydrogen-bond donors (Lipinski definition) is 0. The lowest BCUT2D eigenvalue weighted by Gasteiger charge is -2.40. The molecule has 0 spiro atoms. The molecule has 0 aliphatic carbocycles. The highest BCUT2D eigenvalue weighted by Crippen LogP contribution is 2.45. The third-order valence-electron chi connectivity index (χ3n) is 4.90. The second-order valence-electron chi connectivity index (χ2n) is 8.58. The molecule has 0 bridgehead atoms. The predicted octanol–water partition coefficient (Wildman–Crippen LogP) is 7.14. The van der Waals surface area contributed by atoms with E-state index < -0.39 is 17.7 Å². The average molecular weight is 448 g/mol. The van der Waals surface area contributed by atoms with Gasteiger partial charge in [-0.15, -0.1) is 0 Å². The molecule has 1 unspecified atom stereocenters. The number of hydrogen-bond acceptors (Lipinski definition) is 2. The van der Waals surface area contributed by atoms with Gasteiger partial charge in [-0.25, -0.2) is 9.18 Å². The van der Waals surface area contributed by atoms with Crippen molar-refractivity contribution in [3.8, 4) is 0 Å². The predicted molar refractivity (Wildman–Crippen MR) is 114 cm³/mol. The van der Waals surface area contributed by atoms with Gasteiger partial charge in [0.2, 0.25) is 0 Å². The van der Waals surface area contributed by atoms with Gasteiger partial charge < -0.3 is 4.74 Å². The van der Waals surface area contributed by atoms with E-state index in [1.807, 2.05) is 32.9 Å². The van der Waals surface area contributed by atoms with E-state index in [-0.39, 0.29) is 11.7 Å². The number of amides is 1. The van der Waals surface area contributed by atoms with Gasteiger partial charge in [0.1, 0.15) is 11.4 Å². The van der Waals surface area contributed by atoms with Crippen LogP contribution in [0.3, 0.4) is 0 Å². The molecule has 0 saturated heterocycles. The fourth-order valence-electron chi connectivity index (χ4n) is 3.75. The van der Waals surface area contributed by atoms with Gasteiger partial charge in [-0.2, -0.15) is 0 Å². The minimum atomic E-state index is -0.637. The lowest BCUT2D eigenvalue weighted by molar-refractivity contribution is 0.0559. The molecule has 3 nitrogen and oxygen atoms in total. The molecule has 0 N–H and O–H groups in total. The highest BCUT2D eigenvalue weighted by atomic mass is 79.9. The van der Waals surface area contributed by atoms with Crippen LogP contribution >= 0.6 is 15.9 Å². The Kier molecular flexibility index (Phi) is 5.85. The van der Waals surface area contributed by atoms with E-state index in [1.165, 1.54) is 6.07 Å². The fraction of sp³-hybridized carbons (Fsp3) is 0.435. The number of carbonyl (C=O) groups excluding carboxylic acids is 1. The van der Waals surface area contributed by atoms with E-state index in [1.54, 1.807) is 17.0 Å². The van der Waals surface area contributed by atoms with Crippen molar-refractivity contribution in [3.63, 3.8) is 0 Å². The van der Waals surface area contributed by atoms with Crippen molar-refractivity contribution in [1.82, 2.24) is 0 Å². The minimum Gasteiger partial charge on any atom is -0.443 e. The van der Waals surface area contributed by atoms with Gasteiger partial charge in [0.15, 0.2) is 0 Å². The maximum atomic E-state index is 14.7. The SMILES string of the molecule is CC(C)c1cc(Br)cc2c1N(C(=O)OC(C)(C)C)C(c1ccccc1F)CC2. The standard InChI is InChI=1S/C23H27BrFNO2/c1-14(2)18-13-16(24)12-15-10-11-20(17-8-6-7-9-19(17)25)26(21(15)18)22(27)28-23(3,4)5/h6-9,12-14,20H,10-11H2,1-5H3. The van der Waals surface area contributed by atoms with Crippen LogP contribution in [-0.4, -0.2) is 11.7 Å². The Bertz CT molecular complexity index is 889. The molecule has 2 aromatic rings. The fourth-order valence-corrected chi connectivity index (χ4v) is 4.27. The topological polar surface area (TPSA) is 29.5 Å². The number of benzene rings is 2. The second-order valence-corrected chi connectivity index (χ2v) is 9.50. The van der Waals surface area contributed by atoms with Gasteiger partial charge in [-0.3, -0.25) is 4.90 Å². The molecule has 2 aromatic carbocycles. The summed E-state index contributed by atoms with van der Waals surface area (Å²) in [5.74, 6) is -0.0942. The van der Waals surface area contributed by atoms with E-state index in [0.29, 0.717) is 12.0 Å². The van der Waals surface area contributed by atoms with Crippen molar-refractivity contribution >= 4 is 27.7 Å². The summed E-state index contributed by atoms with van der Waals surface area (Å²) in [5.41, 5.74) is 2.87. The Balaban J connectivity index is 2.20. The van der Waals surface area contributed by atoms with Crippen LogP contribution in [0.2, 0.25) is 0 Å². The maximum absolute atomic E-state index is 14.7. The minimum absolute atomic E-state index is 0.204. The Morgan fingerprint density at radius 3 is 2.54 bits per heavy atom. The van der Waals surface area contributed by atoms with Crippen LogP contribution in [-0.2, 0) is 11.2 Å². The van der Waals surface area contributed by atoms with Crippen LogP contribution < -0.4 is 4.90 Å². The van der Waals surface area contributed by atoms with Crippen molar-refractivity contribution < 1.29 is 13.9 Å². The molecule has 28 heavy (non-hydrogen) atoms. The quantitative estimate of drug-likeness (QED) is 0.489. The largest absolute Gasteiger partial charge is 0.443 e. The van der Waals surface area contributed by atoms with E-state index in [4.69, 9.17) is 4.74 Å². The monoisotopic (exact) mass is 447 g/mol. The maximum Gasteiger partial charge on any atom is 0.415 e. The summed E-state index contributed by atoms with van der Waals surface area (Å²) < 4.78 is 21.4. The molecule has 0 fully saturated rings. The molecular formula is C23H27BrFNO2. The molecule has 1 aliphatic rings. The van der Waals surface area contributed by atoms with E-state index in [2.05, 4.69) is 35.8 Å². The Morgan fingerprint density at radius 1 is 1.25 bits per heavy atom. The molecular weight excluding hydrogens is 421 g/mol. The van der Waals surface area contributed by atoms with Gasteiger partial charge in [-0.1, -0.05) is 48.0 Å². The first-order valence-corrected chi connectivity index (χ1v) is 10.5. The van der Waals surface area contributed by atoms with Gasteiger partial charge in [0, 0.05) is 10.0 Å². The zero-order valence-electron chi connectivity index (χ0n) is 17.1. The van der Waals surface area contributed by atoms with Crippen LogP contribution in [0.15, 0.2) is 40.9 Å². The summed E-state index contributed by atoms with van der Waals surface area (Å²) in [6.45, 7) is 9.74. The molecule has 1 aliphatic heterocycles. The van der Waals surface area contributed by atoms with E-state index in [9.17, 15) is 9.18 Å². The number of halogens is 2. The van der Waals surface area contributed by atoms with Crippen molar-refractivity contribution in [2.24, 2.45) is 0 Å². The van der Waals surface area contributed by atoms with Gasteiger partial charge in [-0.05, 0) is 68.9 Å². The summed E-state index contributed by atoms with van der Waals surface area (Å²) in [6.07, 6.45) is 0.972. The van der Waals surface area contributed by atoms with Crippen LogP contribution in [0.1, 0.15) is 69.7 Å². The normalized spacial score (nSPS) is 16.9. The van der Waals surface area contributed by atoms with Gasteiger partial charge >= 0.3 is 6.09 Å². The summed E-state index contributed by atoms with van der Waals surface area (Å²) >= 11 is 3.59. The zero-order chi connectivity index (χ0) is 20.6. The molecule has 3 rings (SSSR count). The number of fused-ring (bicyclic) bond motifs is 1. The first kappa shape index (κ1) is 20.8. The highest BCUT2D eigenvalue weighted by molar-refractivity contribution is 9.10. The second kappa shape index (κ2) is 7.86. The van der Waals surface area contributed by atoms with Crippen LogP contribution in [0, 0.1) is 5.82 Å². The van der Waals surface area contributed by atoms with Gasteiger partial charge in [0.05, 0.1) is 11.7 Å². The number of carbonyl (C=O) groups is 1. The Hall–Kier alpha value is -1.88. The van der Waals surface area contributed by atoms with Crippen molar-refractivity contribution in [2.45, 2.75) is 65.0 Å². The van der Waals surface area contributed by atoms with E-state index >= 15 is 0 Å². The van der Waals surface area contributed by atoms with Crippen LogP contribution in [0.5, 0.6) is 0 Å². The average Bonchev–Trinajstić information content (AvgIpc) is 2.59. The molecule has 150 valence electrons. The lowest BCUT2D eigenvalue weighted by Crippen LogP contribution is -2.42. The summed E-state index contributed by atoms with van der Waals surface area (Å²) in [6, 6.07) is 10.4. The lowest BCUT2D eigenvalue weighted by atomic mass is 9.87. The third-order valence-corrected chi connectivity index (χ3v) is 5.36. The third kappa shape index (κ3) is 4.24. The summed E-state index contributed by atoms with van der Waals surface area (Å²) in [5, 5.41) is 0. The summed E-state index contributed by atoms with van der Waals surface area (Å²) in [4.78, 5) is 15.0. The Morgan fingerprint density at radius 2 is 1.93 bits per heavy atom. The van der Waals surface area contributed by atoms with Crippen LogP contribution in [0.4, 0.5) is 14.9 Å². The molecule has 1 amide bonds. The molecule has 1 heterocycles. The molecule has 0 saturated carbocycles.